The molecule has 5 heteroatoms. The molecule has 0 fully saturated rings. The van der Waals surface area contributed by atoms with E-state index in [1.807, 2.05) is 6.07 Å². The van der Waals surface area contributed by atoms with E-state index in [1.165, 1.54) is 0 Å². The van der Waals surface area contributed by atoms with Crippen LogP contribution in [0.4, 0.5) is 0 Å². The molecule has 0 amide bonds. The lowest BCUT2D eigenvalue weighted by Gasteiger charge is -2.13. The minimum atomic E-state index is 0.578. The second-order valence-electron chi connectivity index (χ2n) is 10.9. The van der Waals surface area contributed by atoms with Crippen LogP contribution >= 0.6 is 0 Å². The van der Waals surface area contributed by atoms with E-state index in [1.54, 1.807) is 0 Å². The number of benzene rings is 6. The molecule has 0 bridgehead atoms. The van der Waals surface area contributed by atoms with Gasteiger partial charge in [-0.15, -0.1) is 0 Å². The molecule has 44 heavy (non-hydrogen) atoms. The van der Waals surface area contributed by atoms with E-state index in [0.29, 0.717) is 17.7 Å². The fraction of sp³-hybridized carbons (Fsp3) is 0. The van der Waals surface area contributed by atoms with E-state index in [9.17, 15) is 0 Å². The molecule has 0 atom stereocenters. The molecule has 3 heterocycles. The average Bonchev–Trinajstić information content (AvgIpc) is 3.62. The molecule has 5 nitrogen and oxygen atoms in total. The zero-order valence-electron chi connectivity index (χ0n) is 23.7. The van der Waals surface area contributed by atoms with Crippen molar-refractivity contribution in [2.24, 2.45) is 0 Å². The third kappa shape index (κ3) is 3.76. The lowest BCUT2D eigenvalue weighted by Crippen LogP contribution is -2.10. The van der Waals surface area contributed by atoms with Crippen LogP contribution in [0, 0.1) is 0 Å². The Kier molecular flexibility index (Phi) is 5.43. The molecular formula is C39H25N5. The summed E-state index contributed by atoms with van der Waals surface area (Å²) in [4.78, 5) is 15.6. The van der Waals surface area contributed by atoms with Crippen molar-refractivity contribution in [3.05, 3.63) is 152 Å². The Morgan fingerprint density at radius 3 is 1.18 bits per heavy atom. The predicted molar refractivity (Wildman–Crippen MR) is 179 cm³/mol. The topological polar surface area (TPSA) is 48.5 Å². The van der Waals surface area contributed by atoms with Crippen molar-refractivity contribution in [3.63, 3.8) is 0 Å². The summed E-state index contributed by atoms with van der Waals surface area (Å²) >= 11 is 0. The number of nitrogens with zero attached hydrogens (tertiary/aromatic N) is 5. The molecule has 9 rings (SSSR count). The molecule has 0 aliphatic rings. The number of para-hydroxylation sites is 4. The third-order valence-corrected chi connectivity index (χ3v) is 8.40. The van der Waals surface area contributed by atoms with Gasteiger partial charge in [-0.2, -0.15) is 15.0 Å². The number of rotatable bonds is 4. The number of fused-ring (bicyclic) bond motifs is 6. The van der Waals surface area contributed by atoms with Crippen LogP contribution in [0.2, 0.25) is 0 Å². The molecule has 0 unspecified atom stereocenters. The molecule has 9 aromatic rings. The summed E-state index contributed by atoms with van der Waals surface area (Å²) in [6.07, 6.45) is 0. The molecule has 3 aromatic heterocycles. The summed E-state index contributed by atoms with van der Waals surface area (Å²) in [5, 5.41) is 4.65. The van der Waals surface area contributed by atoms with Gasteiger partial charge in [-0.25, -0.2) is 0 Å². The fourth-order valence-corrected chi connectivity index (χ4v) is 6.43. The molecule has 6 aromatic carbocycles. The van der Waals surface area contributed by atoms with Crippen LogP contribution in [0.1, 0.15) is 0 Å². The first-order chi connectivity index (χ1) is 21.8. The van der Waals surface area contributed by atoms with Crippen LogP contribution in [-0.4, -0.2) is 24.1 Å². The van der Waals surface area contributed by atoms with Crippen LogP contribution in [0.3, 0.4) is 0 Å². The molecule has 0 radical (unpaired) electrons. The summed E-state index contributed by atoms with van der Waals surface area (Å²) in [5.41, 5.74) is 7.40. The van der Waals surface area contributed by atoms with E-state index in [-0.39, 0.29) is 0 Å². The third-order valence-electron chi connectivity index (χ3n) is 8.40. The molecule has 206 valence electrons. The van der Waals surface area contributed by atoms with Crippen molar-refractivity contribution in [3.8, 4) is 34.4 Å². The standard InChI is InChI=1S/C39H25N5/c1-2-13-26(14-3-1)27-15-12-16-28(25-27)37-40-38(43-33-21-8-4-17-29(33)30-18-5-9-22-34(30)43)42-39(41-37)44-35-23-10-6-19-31(35)32-20-7-11-24-36(32)44/h1-25H. The highest BCUT2D eigenvalue weighted by Gasteiger charge is 2.20. The highest BCUT2D eigenvalue weighted by molar-refractivity contribution is 6.10. The van der Waals surface area contributed by atoms with E-state index in [4.69, 9.17) is 15.0 Å². The van der Waals surface area contributed by atoms with Gasteiger partial charge in [-0.05, 0) is 41.5 Å². The fourth-order valence-electron chi connectivity index (χ4n) is 6.43. The molecule has 0 aliphatic carbocycles. The highest BCUT2D eigenvalue weighted by atomic mass is 15.3. The van der Waals surface area contributed by atoms with Crippen LogP contribution in [-0.2, 0) is 0 Å². The summed E-state index contributed by atoms with van der Waals surface area (Å²) in [6.45, 7) is 0. The Hall–Kier alpha value is -6.07. The van der Waals surface area contributed by atoms with Gasteiger partial charge in [0.15, 0.2) is 5.82 Å². The molecule has 0 saturated heterocycles. The lowest BCUT2D eigenvalue weighted by atomic mass is 10.0. The average molecular weight is 564 g/mol. The summed E-state index contributed by atoms with van der Waals surface area (Å²) in [5.74, 6) is 1.77. The highest BCUT2D eigenvalue weighted by Crippen LogP contribution is 2.34. The zero-order chi connectivity index (χ0) is 29.0. The van der Waals surface area contributed by atoms with E-state index in [0.717, 1.165) is 60.3 Å². The first kappa shape index (κ1) is 24.5. The zero-order valence-corrected chi connectivity index (χ0v) is 23.7. The van der Waals surface area contributed by atoms with Crippen molar-refractivity contribution in [2.45, 2.75) is 0 Å². The Morgan fingerprint density at radius 1 is 0.318 bits per heavy atom. The van der Waals surface area contributed by atoms with Crippen molar-refractivity contribution in [2.75, 3.05) is 0 Å². The molecular weight excluding hydrogens is 538 g/mol. The predicted octanol–water partition coefficient (Wildman–Crippen LogP) is 9.40. The SMILES string of the molecule is c1ccc(-c2cccc(-c3nc(-n4c5ccccc5c5ccccc54)nc(-n4c5ccccc5c5ccccc54)n3)c2)cc1. The van der Waals surface area contributed by atoms with Gasteiger partial charge in [-0.1, -0.05) is 121 Å². The molecule has 0 saturated carbocycles. The van der Waals surface area contributed by atoms with Gasteiger partial charge in [-0.3, -0.25) is 9.13 Å². The molecule has 0 aliphatic heterocycles. The van der Waals surface area contributed by atoms with Gasteiger partial charge in [0.25, 0.3) is 0 Å². The van der Waals surface area contributed by atoms with Crippen LogP contribution in [0.25, 0.3) is 78.0 Å². The molecule has 0 N–H and O–H groups in total. The van der Waals surface area contributed by atoms with E-state index < -0.39 is 0 Å². The van der Waals surface area contributed by atoms with Crippen LogP contribution in [0.5, 0.6) is 0 Å². The van der Waals surface area contributed by atoms with Gasteiger partial charge < -0.3 is 0 Å². The largest absolute Gasteiger partial charge is 0.278 e. The van der Waals surface area contributed by atoms with Gasteiger partial charge in [0, 0.05) is 27.1 Å². The first-order valence-electron chi connectivity index (χ1n) is 14.7. The summed E-state index contributed by atoms with van der Waals surface area (Å²) in [7, 11) is 0. The minimum absolute atomic E-state index is 0.578. The smallest absolute Gasteiger partial charge is 0.240 e. The Morgan fingerprint density at radius 2 is 0.705 bits per heavy atom. The first-order valence-corrected chi connectivity index (χ1v) is 14.7. The van der Waals surface area contributed by atoms with Crippen molar-refractivity contribution in [1.29, 1.82) is 0 Å². The maximum absolute atomic E-state index is 5.23. The van der Waals surface area contributed by atoms with Gasteiger partial charge >= 0.3 is 0 Å². The monoisotopic (exact) mass is 563 g/mol. The lowest BCUT2D eigenvalue weighted by molar-refractivity contribution is 0.893. The van der Waals surface area contributed by atoms with E-state index in [2.05, 4.69) is 155 Å². The normalized spacial score (nSPS) is 11.6. The van der Waals surface area contributed by atoms with Gasteiger partial charge in [0.2, 0.25) is 11.9 Å². The number of hydrogen-bond donors (Lipinski definition) is 0. The quantitative estimate of drug-likeness (QED) is 0.214. The van der Waals surface area contributed by atoms with Crippen molar-refractivity contribution >= 4 is 43.6 Å². The maximum atomic E-state index is 5.23. The summed E-state index contributed by atoms with van der Waals surface area (Å²) in [6, 6.07) is 52.6. The van der Waals surface area contributed by atoms with Crippen LogP contribution in [0.15, 0.2) is 152 Å². The van der Waals surface area contributed by atoms with Gasteiger partial charge in [0.1, 0.15) is 0 Å². The maximum Gasteiger partial charge on any atom is 0.240 e. The molecule has 0 spiro atoms. The van der Waals surface area contributed by atoms with Crippen molar-refractivity contribution in [1.82, 2.24) is 24.1 Å². The Labute approximate surface area is 253 Å². The van der Waals surface area contributed by atoms with E-state index >= 15 is 0 Å². The van der Waals surface area contributed by atoms with Gasteiger partial charge in [0.05, 0.1) is 22.1 Å². The van der Waals surface area contributed by atoms with Crippen LogP contribution < -0.4 is 0 Å². The second-order valence-corrected chi connectivity index (χ2v) is 10.9. The number of hydrogen-bond acceptors (Lipinski definition) is 3. The summed E-state index contributed by atoms with van der Waals surface area (Å²) < 4.78 is 4.32. The minimum Gasteiger partial charge on any atom is -0.278 e. The van der Waals surface area contributed by atoms with Crippen molar-refractivity contribution < 1.29 is 0 Å². The second kappa shape index (κ2) is 9.75. The number of aromatic nitrogens is 5. The Bertz CT molecular complexity index is 2270. The Balaban J connectivity index is 1.37.